The zero-order valence-corrected chi connectivity index (χ0v) is 15.2. The number of rotatable bonds is 5. The molecule has 1 fully saturated rings. The van der Waals surface area contributed by atoms with Gasteiger partial charge in [0.25, 0.3) is 0 Å². The van der Waals surface area contributed by atoms with Gasteiger partial charge >= 0.3 is 6.03 Å². The van der Waals surface area contributed by atoms with Gasteiger partial charge < -0.3 is 10.2 Å². The summed E-state index contributed by atoms with van der Waals surface area (Å²) in [6.45, 7) is 6.87. The zero-order valence-electron chi connectivity index (χ0n) is 15.2. The topological polar surface area (TPSA) is 35.6 Å². The summed E-state index contributed by atoms with van der Waals surface area (Å²) in [5.74, 6) is -0.235. The van der Waals surface area contributed by atoms with E-state index in [-0.39, 0.29) is 11.8 Å². The number of nitrogens with zero attached hydrogens (tertiary/aromatic N) is 2. The smallest absolute Gasteiger partial charge is 0.317 e. The quantitative estimate of drug-likeness (QED) is 0.894. The highest BCUT2D eigenvalue weighted by Crippen LogP contribution is 2.10. The molecule has 0 atom stereocenters. The summed E-state index contributed by atoms with van der Waals surface area (Å²) in [6, 6.07) is 15.0. The van der Waals surface area contributed by atoms with Gasteiger partial charge in [0.15, 0.2) is 0 Å². The molecule has 0 saturated carbocycles. The fourth-order valence-electron chi connectivity index (χ4n) is 3.25. The Kier molecular flexibility index (Phi) is 6.23. The van der Waals surface area contributed by atoms with Crippen molar-refractivity contribution in [2.24, 2.45) is 0 Å². The molecule has 26 heavy (non-hydrogen) atoms. The van der Waals surface area contributed by atoms with Crippen molar-refractivity contribution < 1.29 is 9.18 Å². The Labute approximate surface area is 154 Å². The number of halogens is 1. The average Bonchev–Trinajstić information content (AvgIpc) is 2.64. The summed E-state index contributed by atoms with van der Waals surface area (Å²) in [5.41, 5.74) is 3.62. The maximum absolute atomic E-state index is 12.9. The molecule has 4 nitrogen and oxygen atoms in total. The molecule has 5 heteroatoms. The van der Waals surface area contributed by atoms with E-state index in [0.717, 1.165) is 38.3 Å². The van der Waals surface area contributed by atoms with E-state index in [0.29, 0.717) is 13.0 Å². The molecule has 0 bridgehead atoms. The third-order valence-corrected chi connectivity index (χ3v) is 4.75. The predicted octanol–water partition coefficient (Wildman–Crippen LogP) is 3.20. The number of hydrogen-bond acceptors (Lipinski definition) is 2. The van der Waals surface area contributed by atoms with Crippen molar-refractivity contribution in [3.05, 3.63) is 71.0 Å². The molecular weight excluding hydrogens is 329 g/mol. The molecule has 1 N–H and O–H groups in total. The van der Waals surface area contributed by atoms with Crippen molar-refractivity contribution in [3.63, 3.8) is 0 Å². The Hall–Kier alpha value is -2.40. The fraction of sp³-hybridized carbons (Fsp3) is 0.381. The van der Waals surface area contributed by atoms with Crippen molar-refractivity contribution in [1.29, 1.82) is 0 Å². The Morgan fingerprint density at radius 1 is 1.04 bits per heavy atom. The molecule has 1 aliphatic rings. The molecule has 2 amide bonds. The van der Waals surface area contributed by atoms with Crippen molar-refractivity contribution in [2.75, 3.05) is 32.7 Å². The first kappa shape index (κ1) is 18.4. The van der Waals surface area contributed by atoms with Crippen LogP contribution in [0.5, 0.6) is 0 Å². The summed E-state index contributed by atoms with van der Waals surface area (Å²) >= 11 is 0. The lowest BCUT2D eigenvalue weighted by atomic mass is 10.1. The summed E-state index contributed by atoms with van der Waals surface area (Å²) in [5, 5.41) is 2.96. The lowest BCUT2D eigenvalue weighted by molar-refractivity contribution is 0.135. The molecule has 0 aliphatic carbocycles. The second-order valence-electron chi connectivity index (χ2n) is 6.86. The molecule has 138 valence electrons. The molecular formula is C21H26FN3O. The maximum Gasteiger partial charge on any atom is 0.317 e. The fourth-order valence-corrected chi connectivity index (χ4v) is 3.25. The first-order valence-electron chi connectivity index (χ1n) is 9.15. The van der Waals surface area contributed by atoms with Crippen LogP contribution in [0.15, 0.2) is 48.5 Å². The predicted molar refractivity (Wildman–Crippen MR) is 102 cm³/mol. The number of benzene rings is 2. The van der Waals surface area contributed by atoms with Gasteiger partial charge in [-0.25, -0.2) is 9.18 Å². The summed E-state index contributed by atoms with van der Waals surface area (Å²) in [6.07, 6.45) is 0.708. The molecule has 1 heterocycles. The monoisotopic (exact) mass is 355 g/mol. The normalized spacial score (nSPS) is 15.1. The minimum Gasteiger partial charge on any atom is -0.338 e. The number of carbonyl (C=O) groups excluding carboxylic acids is 1. The van der Waals surface area contributed by atoms with E-state index in [1.165, 1.54) is 23.3 Å². The SMILES string of the molecule is Cc1cccc(CN2CCN(C(=O)NCCc3ccc(F)cc3)CC2)c1. The van der Waals surface area contributed by atoms with E-state index >= 15 is 0 Å². The number of amides is 2. The van der Waals surface area contributed by atoms with Crippen LogP contribution < -0.4 is 5.32 Å². The molecule has 1 aliphatic heterocycles. The van der Waals surface area contributed by atoms with E-state index in [9.17, 15) is 9.18 Å². The summed E-state index contributed by atoms with van der Waals surface area (Å²) < 4.78 is 12.9. The summed E-state index contributed by atoms with van der Waals surface area (Å²) in [4.78, 5) is 16.5. The number of nitrogens with one attached hydrogen (secondary N) is 1. The van der Waals surface area contributed by atoms with Gasteiger partial charge in [-0.05, 0) is 36.6 Å². The molecule has 2 aromatic rings. The van der Waals surface area contributed by atoms with Crippen LogP contribution in [0.3, 0.4) is 0 Å². The van der Waals surface area contributed by atoms with Crippen LogP contribution >= 0.6 is 0 Å². The van der Waals surface area contributed by atoms with Gasteiger partial charge in [-0.3, -0.25) is 4.90 Å². The minimum absolute atomic E-state index is 0.0117. The lowest BCUT2D eigenvalue weighted by Crippen LogP contribution is -2.51. The van der Waals surface area contributed by atoms with Gasteiger partial charge in [0.05, 0.1) is 0 Å². The standard InChI is InChI=1S/C21H26FN3O/c1-17-3-2-4-19(15-17)16-24-11-13-25(14-12-24)21(26)23-10-9-18-5-7-20(22)8-6-18/h2-8,15H,9-14,16H2,1H3,(H,23,26). The second-order valence-corrected chi connectivity index (χ2v) is 6.86. The van der Waals surface area contributed by atoms with E-state index in [1.807, 2.05) is 4.90 Å². The number of piperazine rings is 1. The highest BCUT2D eigenvalue weighted by Gasteiger charge is 2.20. The highest BCUT2D eigenvalue weighted by atomic mass is 19.1. The molecule has 0 aromatic heterocycles. The first-order chi connectivity index (χ1) is 12.6. The van der Waals surface area contributed by atoms with E-state index in [1.54, 1.807) is 12.1 Å². The van der Waals surface area contributed by atoms with Crippen molar-refractivity contribution in [1.82, 2.24) is 15.1 Å². The molecule has 1 saturated heterocycles. The first-order valence-corrected chi connectivity index (χ1v) is 9.15. The van der Waals surface area contributed by atoms with Crippen LogP contribution in [0.2, 0.25) is 0 Å². The zero-order chi connectivity index (χ0) is 18.4. The van der Waals surface area contributed by atoms with Gasteiger partial charge in [0, 0.05) is 39.3 Å². The Bertz CT molecular complexity index is 724. The van der Waals surface area contributed by atoms with Gasteiger partial charge in [-0.1, -0.05) is 42.0 Å². The van der Waals surface area contributed by atoms with Crippen LogP contribution in [0.4, 0.5) is 9.18 Å². The van der Waals surface area contributed by atoms with Gasteiger partial charge in [-0.15, -0.1) is 0 Å². The number of aryl methyl sites for hydroxylation is 1. The Morgan fingerprint density at radius 3 is 2.46 bits per heavy atom. The molecule has 2 aromatic carbocycles. The average molecular weight is 355 g/mol. The third kappa shape index (κ3) is 5.30. The minimum atomic E-state index is -0.235. The molecule has 0 spiro atoms. The van der Waals surface area contributed by atoms with Gasteiger partial charge in [-0.2, -0.15) is 0 Å². The Balaban J connectivity index is 1.38. The van der Waals surface area contributed by atoms with Crippen molar-refractivity contribution in [3.8, 4) is 0 Å². The molecule has 0 unspecified atom stereocenters. The van der Waals surface area contributed by atoms with Crippen LogP contribution in [0.25, 0.3) is 0 Å². The van der Waals surface area contributed by atoms with E-state index in [2.05, 4.69) is 41.4 Å². The van der Waals surface area contributed by atoms with Crippen molar-refractivity contribution >= 4 is 6.03 Å². The van der Waals surface area contributed by atoms with E-state index in [4.69, 9.17) is 0 Å². The van der Waals surface area contributed by atoms with Crippen LogP contribution in [0.1, 0.15) is 16.7 Å². The highest BCUT2D eigenvalue weighted by molar-refractivity contribution is 5.74. The molecule has 3 rings (SSSR count). The summed E-state index contributed by atoms with van der Waals surface area (Å²) in [7, 11) is 0. The van der Waals surface area contributed by atoms with Crippen molar-refractivity contribution in [2.45, 2.75) is 19.9 Å². The third-order valence-electron chi connectivity index (χ3n) is 4.75. The maximum atomic E-state index is 12.9. The molecule has 0 radical (unpaired) electrons. The van der Waals surface area contributed by atoms with E-state index < -0.39 is 0 Å². The van der Waals surface area contributed by atoms with Gasteiger partial charge in [0.2, 0.25) is 0 Å². The largest absolute Gasteiger partial charge is 0.338 e. The number of hydrogen-bond donors (Lipinski definition) is 1. The Morgan fingerprint density at radius 2 is 1.77 bits per heavy atom. The van der Waals surface area contributed by atoms with Crippen LogP contribution in [-0.2, 0) is 13.0 Å². The van der Waals surface area contributed by atoms with Gasteiger partial charge in [0.1, 0.15) is 5.82 Å². The second kappa shape index (κ2) is 8.81. The number of urea groups is 1. The lowest BCUT2D eigenvalue weighted by Gasteiger charge is -2.34. The van der Waals surface area contributed by atoms with Crippen LogP contribution in [0, 0.1) is 12.7 Å². The number of carbonyl (C=O) groups is 1. The van der Waals surface area contributed by atoms with Crippen LogP contribution in [-0.4, -0.2) is 48.6 Å².